The molecule has 4 heteroatoms. The van der Waals surface area contributed by atoms with Crippen LogP contribution in [0, 0.1) is 0 Å². The minimum absolute atomic E-state index is 0.0361. The van der Waals surface area contributed by atoms with Gasteiger partial charge in [0.2, 0.25) is 0 Å². The summed E-state index contributed by atoms with van der Waals surface area (Å²) < 4.78 is 15.5. The summed E-state index contributed by atoms with van der Waals surface area (Å²) in [6.45, 7) is 0.728. The summed E-state index contributed by atoms with van der Waals surface area (Å²) in [6.07, 6.45) is 1.81. The van der Waals surface area contributed by atoms with Crippen molar-refractivity contribution in [2.24, 2.45) is 5.73 Å². The van der Waals surface area contributed by atoms with Crippen molar-refractivity contribution in [1.29, 1.82) is 0 Å². The highest BCUT2D eigenvalue weighted by atomic mass is 16.5. The van der Waals surface area contributed by atoms with Crippen LogP contribution in [0.1, 0.15) is 24.4 Å². The zero-order valence-corrected chi connectivity index (χ0v) is 10.7. The molecule has 1 unspecified atom stereocenters. The fourth-order valence-corrected chi connectivity index (χ4v) is 1.73. The lowest BCUT2D eigenvalue weighted by Crippen LogP contribution is -2.12. The van der Waals surface area contributed by atoms with E-state index in [-0.39, 0.29) is 6.04 Å². The quantitative estimate of drug-likeness (QED) is 0.741. The van der Waals surface area contributed by atoms with E-state index < -0.39 is 0 Å². The normalized spacial score (nSPS) is 12.2. The highest BCUT2D eigenvalue weighted by Crippen LogP contribution is 2.30. The van der Waals surface area contributed by atoms with Crippen molar-refractivity contribution >= 4 is 0 Å². The van der Waals surface area contributed by atoms with Gasteiger partial charge in [0.1, 0.15) is 11.5 Å². The number of rotatable bonds is 7. The third-order valence-electron chi connectivity index (χ3n) is 2.70. The molecule has 0 saturated carbocycles. The van der Waals surface area contributed by atoms with Crippen molar-refractivity contribution in [3.63, 3.8) is 0 Å². The second kappa shape index (κ2) is 7.14. The fraction of sp³-hybridized carbons (Fsp3) is 0.538. The molecule has 0 radical (unpaired) electrons. The molecule has 4 nitrogen and oxygen atoms in total. The number of methoxy groups -OCH3 is 3. The van der Waals surface area contributed by atoms with Gasteiger partial charge in [-0.25, -0.2) is 0 Å². The summed E-state index contributed by atoms with van der Waals surface area (Å²) in [6, 6.07) is 5.67. The van der Waals surface area contributed by atoms with Crippen LogP contribution >= 0.6 is 0 Å². The molecular formula is C13H21NO3. The first-order valence-corrected chi connectivity index (χ1v) is 5.69. The van der Waals surface area contributed by atoms with E-state index in [1.54, 1.807) is 21.3 Å². The number of benzene rings is 1. The van der Waals surface area contributed by atoms with Gasteiger partial charge in [-0.2, -0.15) is 0 Å². The average Bonchev–Trinajstić information content (AvgIpc) is 2.38. The molecular weight excluding hydrogens is 218 g/mol. The van der Waals surface area contributed by atoms with Crippen molar-refractivity contribution in [2.75, 3.05) is 27.9 Å². The zero-order valence-electron chi connectivity index (χ0n) is 10.7. The SMILES string of the molecule is COCCCC(N)c1ccc(OC)cc1OC. The third kappa shape index (κ3) is 3.91. The van der Waals surface area contributed by atoms with Crippen LogP contribution in [-0.4, -0.2) is 27.9 Å². The molecule has 1 atom stereocenters. The van der Waals surface area contributed by atoms with E-state index in [0.717, 1.165) is 36.5 Å². The Balaban J connectivity index is 2.74. The molecule has 0 heterocycles. The van der Waals surface area contributed by atoms with E-state index in [9.17, 15) is 0 Å². The molecule has 0 saturated heterocycles. The van der Waals surface area contributed by atoms with Gasteiger partial charge in [0.15, 0.2) is 0 Å². The van der Waals surface area contributed by atoms with E-state index in [1.165, 1.54) is 0 Å². The summed E-state index contributed by atoms with van der Waals surface area (Å²) >= 11 is 0. The summed E-state index contributed by atoms with van der Waals surface area (Å²) in [5, 5.41) is 0. The monoisotopic (exact) mass is 239 g/mol. The summed E-state index contributed by atoms with van der Waals surface area (Å²) in [7, 11) is 4.96. The molecule has 0 aliphatic heterocycles. The lowest BCUT2D eigenvalue weighted by molar-refractivity contribution is 0.190. The molecule has 0 spiro atoms. The Morgan fingerprint density at radius 1 is 1.18 bits per heavy atom. The number of hydrogen-bond donors (Lipinski definition) is 1. The Morgan fingerprint density at radius 3 is 2.53 bits per heavy atom. The highest BCUT2D eigenvalue weighted by molar-refractivity contribution is 5.42. The van der Waals surface area contributed by atoms with Gasteiger partial charge >= 0.3 is 0 Å². The average molecular weight is 239 g/mol. The highest BCUT2D eigenvalue weighted by Gasteiger charge is 2.12. The third-order valence-corrected chi connectivity index (χ3v) is 2.70. The Morgan fingerprint density at radius 2 is 1.94 bits per heavy atom. The van der Waals surface area contributed by atoms with Gasteiger partial charge in [0.25, 0.3) is 0 Å². The first kappa shape index (κ1) is 13.8. The Bertz CT molecular complexity index is 341. The van der Waals surface area contributed by atoms with Crippen molar-refractivity contribution in [2.45, 2.75) is 18.9 Å². The summed E-state index contributed by atoms with van der Waals surface area (Å²) in [4.78, 5) is 0. The van der Waals surface area contributed by atoms with Crippen LogP contribution in [0.25, 0.3) is 0 Å². The molecule has 1 aromatic carbocycles. The lowest BCUT2D eigenvalue weighted by atomic mass is 10.0. The molecule has 0 aromatic heterocycles. The molecule has 1 aromatic rings. The number of hydrogen-bond acceptors (Lipinski definition) is 4. The van der Waals surface area contributed by atoms with Crippen LogP contribution in [0.5, 0.6) is 11.5 Å². The van der Waals surface area contributed by atoms with Gasteiger partial charge in [-0.15, -0.1) is 0 Å². The molecule has 96 valence electrons. The largest absolute Gasteiger partial charge is 0.497 e. The van der Waals surface area contributed by atoms with Crippen LogP contribution in [0.4, 0.5) is 0 Å². The maximum Gasteiger partial charge on any atom is 0.127 e. The van der Waals surface area contributed by atoms with Crippen molar-refractivity contribution in [3.8, 4) is 11.5 Å². The standard InChI is InChI=1S/C13H21NO3/c1-15-8-4-5-12(14)11-7-6-10(16-2)9-13(11)17-3/h6-7,9,12H,4-5,8,14H2,1-3H3. The van der Waals surface area contributed by atoms with Gasteiger partial charge < -0.3 is 19.9 Å². The lowest BCUT2D eigenvalue weighted by Gasteiger charge is -2.16. The molecule has 2 N–H and O–H groups in total. The Hall–Kier alpha value is -1.26. The fourth-order valence-electron chi connectivity index (χ4n) is 1.73. The van der Waals surface area contributed by atoms with Crippen molar-refractivity contribution < 1.29 is 14.2 Å². The van der Waals surface area contributed by atoms with Crippen molar-refractivity contribution in [1.82, 2.24) is 0 Å². The summed E-state index contributed by atoms with van der Waals surface area (Å²) in [5.41, 5.74) is 7.13. The number of nitrogens with two attached hydrogens (primary N) is 1. The maximum atomic E-state index is 6.13. The van der Waals surface area contributed by atoms with Gasteiger partial charge in [-0.05, 0) is 18.9 Å². The molecule has 17 heavy (non-hydrogen) atoms. The maximum absolute atomic E-state index is 6.13. The van der Waals surface area contributed by atoms with Crippen LogP contribution in [-0.2, 0) is 4.74 Å². The minimum atomic E-state index is -0.0361. The second-order valence-electron chi connectivity index (χ2n) is 3.85. The Labute approximate surface area is 103 Å². The van der Waals surface area contributed by atoms with Crippen LogP contribution in [0.2, 0.25) is 0 Å². The molecule has 1 rings (SSSR count). The molecule has 0 bridgehead atoms. The molecule has 0 amide bonds. The zero-order chi connectivity index (χ0) is 12.7. The Kier molecular flexibility index (Phi) is 5.80. The smallest absolute Gasteiger partial charge is 0.127 e. The van der Waals surface area contributed by atoms with E-state index in [0.29, 0.717) is 0 Å². The summed E-state index contributed by atoms with van der Waals surface area (Å²) in [5.74, 6) is 1.55. The van der Waals surface area contributed by atoms with E-state index >= 15 is 0 Å². The molecule has 0 aliphatic rings. The van der Waals surface area contributed by atoms with Crippen LogP contribution in [0.3, 0.4) is 0 Å². The van der Waals surface area contributed by atoms with E-state index in [2.05, 4.69) is 0 Å². The topological polar surface area (TPSA) is 53.7 Å². The molecule has 0 aliphatic carbocycles. The molecule has 0 fully saturated rings. The van der Waals surface area contributed by atoms with Crippen LogP contribution in [0.15, 0.2) is 18.2 Å². The second-order valence-corrected chi connectivity index (χ2v) is 3.85. The van der Waals surface area contributed by atoms with Crippen molar-refractivity contribution in [3.05, 3.63) is 23.8 Å². The van der Waals surface area contributed by atoms with Gasteiger partial charge in [0, 0.05) is 31.4 Å². The van der Waals surface area contributed by atoms with Gasteiger partial charge in [-0.3, -0.25) is 0 Å². The minimum Gasteiger partial charge on any atom is -0.497 e. The first-order valence-electron chi connectivity index (χ1n) is 5.69. The van der Waals surface area contributed by atoms with E-state index in [4.69, 9.17) is 19.9 Å². The first-order chi connectivity index (χ1) is 8.22. The van der Waals surface area contributed by atoms with E-state index in [1.807, 2.05) is 18.2 Å². The predicted molar refractivity (Wildman–Crippen MR) is 67.6 cm³/mol. The van der Waals surface area contributed by atoms with Gasteiger partial charge in [0.05, 0.1) is 14.2 Å². The van der Waals surface area contributed by atoms with Crippen LogP contribution < -0.4 is 15.2 Å². The number of ether oxygens (including phenoxy) is 3. The predicted octanol–water partition coefficient (Wildman–Crippen LogP) is 2.13. The van der Waals surface area contributed by atoms with Gasteiger partial charge in [-0.1, -0.05) is 6.07 Å².